The first kappa shape index (κ1) is 33.4. The maximum Gasteiger partial charge on any atom is 0.258 e. The van der Waals surface area contributed by atoms with Gasteiger partial charge in [0.1, 0.15) is 18.1 Å². The molecule has 2 aromatic carbocycles. The normalized spacial score (nSPS) is 23.2. The van der Waals surface area contributed by atoms with Crippen molar-refractivity contribution in [3.05, 3.63) is 59.2 Å². The molecule has 0 spiro atoms. The van der Waals surface area contributed by atoms with Crippen LogP contribution in [0.25, 0.3) is 0 Å². The average molecular weight is 630 g/mol. The van der Waals surface area contributed by atoms with E-state index in [0.717, 1.165) is 44.0 Å². The van der Waals surface area contributed by atoms with E-state index in [4.69, 9.17) is 9.16 Å². The number of hydrogen-bond donors (Lipinski definition) is 0. The lowest BCUT2D eigenvalue weighted by Gasteiger charge is -2.43. The zero-order valence-corrected chi connectivity index (χ0v) is 28.8. The van der Waals surface area contributed by atoms with Gasteiger partial charge in [0.05, 0.1) is 6.67 Å². The summed E-state index contributed by atoms with van der Waals surface area (Å²) in [7, 11) is -2.08. The molecule has 3 aliphatic rings. The highest BCUT2D eigenvalue weighted by Gasteiger charge is 2.47. The van der Waals surface area contributed by atoms with Crippen LogP contribution in [0.2, 0.25) is 16.6 Å². The lowest BCUT2D eigenvalue weighted by Crippen LogP contribution is -2.50. The highest BCUT2D eigenvalue weighted by atomic mass is 28.4. The number of aryl methyl sites for hydroxylation is 1. The van der Waals surface area contributed by atoms with Gasteiger partial charge < -0.3 is 9.16 Å². The van der Waals surface area contributed by atoms with Gasteiger partial charge in [-0.1, -0.05) is 59.7 Å². The molecule has 2 fully saturated rings. The minimum atomic E-state index is -2.52. The number of hydrogen-bond acceptors (Lipinski definition) is 3. The second kappa shape index (κ2) is 13.8. The lowest BCUT2D eigenvalue weighted by molar-refractivity contribution is -0.0539. The molecule has 2 atom stereocenters. The third-order valence-corrected chi connectivity index (χ3v) is 17.2. The van der Waals surface area contributed by atoms with Crippen molar-refractivity contribution in [3.63, 3.8) is 0 Å². The number of alkyl halides is 3. The smallest absolute Gasteiger partial charge is 0.258 e. The topological polar surface area (TPSA) is 21.7 Å². The van der Waals surface area contributed by atoms with Crippen LogP contribution in [0.15, 0.2) is 42.5 Å². The van der Waals surface area contributed by atoms with Crippen LogP contribution in [0.5, 0.6) is 11.5 Å². The molecular weight excluding hydrogens is 575 g/mol. The molecule has 1 saturated carbocycles. The molecule has 0 aromatic heterocycles. The molecule has 0 N–H and O–H groups in total. The first-order valence-corrected chi connectivity index (χ1v) is 19.3. The Labute approximate surface area is 265 Å². The van der Waals surface area contributed by atoms with Crippen molar-refractivity contribution < 1.29 is 22.3 Å². The molecule has 7 heteroatoms. The van der Waals surface area contributed by atoms with E-state index < -0.39 is 14.2 Å². The number of rotatable bonds is 12. The summed E-state index contributed by atoms with van der Waals surface area (Å²) < 4.78 is 54.2. The number of halogens is 3. The van der Waals surface area contributed by atoms with Gasteiger partial charge in [-0.25, -0.2) is 8.78 Å². The molecule has 2 unspecified atom stereocenters. The van der Waals surface area contributed by atoms with Crippen molar-refractivity contribution in [2.45, 2.75) is 109 Å². The van der Waals surface area contributed by atoms with E-state index in [2.05, 4.69) is 88.9 Å². The SMILES string of the molecule is CC(C)[Si](Oc1ccc2c(c1)CCC(C1CCC(F)(F)CC1)C2c1ccc(OCCN2CC(CF)C2)cc1)(C(C)C)C(C)C. The van der Waals surface area contributed by atoms with Crippen LogP contribution in [0.4, 0.5) is 13.2 Å². The summed E-state index contributed by atoms with van der Waals surface area (Å²) in [6, 6.07) is 15.2. The highest BCUT2D eigenvalue weighted by molar-refractivity contribution is 6.78. The Bertz CT molecular complexity index is 1200. The van der Waals surface area contributed by atoms with Gasteiger partial charge in [-0.2, -0.15) is 0 Å². The molecule has 2 aromatic rings. The fourth-order valence-corrected chi connectivity index (χ4v) is 14.1. The van der Waals surface area contributed by atoms with Gasteiger partial charge in [0.15, 0.2) is 0 Å². The third kappa shape index (κ3) is 7.04. The van der Waals surface area contributed by atoms with Gasteiger partial charge in [0, 0.05) is 44.3 Å². The summed E-state index contributed by atoms with van der Waals surface area (Å²) in [5.41, 5.74) is 5.39. The largest absolute Gasteiger partial charge is 0.543 e. The number of likely N-dealkylation sites (tertiary alicyclic amines) is 1. The maximum atomic E-state index is 14.2. The van der Waals surface area contributed by atoms with E-state index >= 15 is 0 Å². The van der Waals surface area contributed by atoms with E-state index in [9.17, 15) is 13.2 Å². The van der Waals surface area contributed by atoms with Crippen LogP contribution < -0.4 is 9.16 Å². The second-order valence-electron chi connectivity index (χ2n) is 14.9. The monoisotopic (exact) mass is 629 g/mol. The molecule has 0 amide bonds. The maximum absolute atomic E-state index is 14.2. The minimum Gasteiger partial charge on any atom is -0.543 e. The summed E-state index contributed by atoms with van der Waals surface area (Å²) in [5, 5.41) is 0. The van der Waals surface area contributed by atoms with Crippen molar-refractivity contribution >= 4 is 8.32 Å². The summed E-state index contributed by atoms with van der Waals surface area (Å²) in [6.45, 7) is 16.7. The molecule has 0 radical (unpaired) electrons. The van der Waals surface area contributed by atoms with Crippen LogP contribution in [0.1, 0.15) is 96.3 Å². The highest BCUT2D eigenvalue weighted by Crippen LogP contribution is 2.51. The molecule has 2 aliphatic carbocycles. The average Bonchev–Trinajstić information content (AvgIpc) is 2.96. The van der Waals surface area contributed by atoms with E-state index in [1.165, 1.54) is 16.7 Å². The van der Waals surface area contributed by atoms with Crippen LogP contribution in [-0.4, -0.2) is 52.1 Å². The lowest BCUT2D eigenvalue weighted by atomic mass is 9.64. The molecule has 5 rings (SSSR count). The quantitative estimate of drug-likeness (QED) is 0.218. The van der Waals surface area contributed by atoms with Crippen LogP contribution >= 0.6 is 0 Å². The third-order valence-electron chi connectivity index (χ3n) is 11.2. The Morgan fingerprint density at radius 1 is 0.864 bits per heavy atom. The summed E-state index contributed by atoms with van der Waals surface area (Å²) in [5.74, 6) is 0.289. The van der Waals surface area contributed by atoms with Gasteiger partial charge in [-0.05, 0) is 95.1 Å². The van der Waals surface area contributed by atoms with E-state index in [-0.39, 0.29) is 31.4 Å². The van der Waals surface area contributed by atoms with Gasteiger partial charge in [-0.15, -0.1) is 0 Å². The van der Waals surface area contributed by atoms with Crippen molar-refractivity contribution in [1.82, 2.24) is 4.90 Å². The Morgan fingerprint density at radius 3 is 2.07 bits per heavy atom. The zero-order chi connectivity index (χ0) is 31.6. The van der Waals surface area contributed by atoms with E-state index in [0.29, 0.717) is 47.9 Å². The van der Waals surface area contributed by atoms with Crippen LogP contribution in [0, 0.1) is 17.8 Å². The molecule has 1 aliphatic heterocycles. The Kier molecular flexibility index (Phi) is 10.5. The molecule has 1 saturated heterocycles. The van der Waals surface area contributed by atoms with Gasteiger partial charge in [-0.3, -0.25) is 9.29 Å². The molecule has 244 valence electrons. The fraction of sp³-hybridized carbons (Fsp3) is 0.676. The number of fused-ring (bicyclic) bond motifs is 1. The molecule has 0 bridgehead atoms. The number of nitrogens with zero attached hydrogens (tertiary/aromatic N) is 1. The molecule has 3 nitrogen and oxygen atoms in total. The summed E-state index contributed by atoms with van der Waals surface area (Å²) >= 11 is 0. The van der Waals surface area contributed by atoms with Crippen molar-refractivity contribution in [2.24, 2.45) is 17.8 Å². The minimum absolute atomic E-state index is 0.00269. The van der Waals surface area contributed by atoms with Crippen molar-refractivity contribution in [1.29, 1.82) is 0 Å². The first-order valence-electron chi connectivity index (χ1n) is 17.1. The number of benzene rings is 2. The van der Waals surface area contributed by atoms with Gasteiger partial charge >= 0.3 is 0 Å². The predicted octanol–water partition coefficient (Wildman–Crippen LogP) is 10.0. The number of ether oxygens (including phenoxy) is 1. The van der Waals surface area contributed by atoms with E-state index in [1.807, 2.05) is 0 Å². The van der Waals surface area contributed by atoms with Gasteiger partial charge in [0.2, 0.25) is 5.92 Å². The Hall–Kier alpha value is -1.99. The van der Waals surface area contributed by atoms with Gasteiger partial charge in [0.25, 0.3) is 8.32 Å². The predicted molar refractivity (Wildman–Crippen MR) is 177 cm³/mol. The van der Waals surface area contributed by atoms with E-state index in [1.54, 1.807) is 0 Å². The Morgan fingerprint density at radius 2 is 1.48 bits per heavy atom. The Balaban J connectivity index is 1.38. The summed E-state index contributed by atoms with van der Waals surface area (Å²) in [4.78, 5) is 2.23. The molecule has 1 heterocycles. The van der Waals surface area contributed by atoms with Crippen LogP contribution in [-0.2, 0) is 6.42 Å². The summed E-state index contributed by atoms with van der Waals surface area (Å²) in [6.07, 6.45) is 3.16. The second-order valence-corrected chi connectivity index (χ2v) is 20.2. The standard InChI is InChI=1S/C37H54F3NO2Si/c1-25(2)44(26(3)4,27(5)6)43-33-12-14-35-31(21-33)9-13-34(29-15-17-37(39,40)18-16-29)36(35)30-7-10-32(11-8-30)42-20-19-41-23-28(22-38)24-41/h7-8,10-12,14,21,25-29,34,36H,9,13,15-20,22-24H2,1-6H3. The van der Waals surface area contributed by atoms with Crippen molar-refractivity contribution in [3.8, 4) is 11.5 Å². The fourth-order valence-electron chi connectivity index (χ4n) is 8.89. The van der Waals surface area contributed by atoms with Crippen molar-refractivity contribution in [2.75, 3.05) is 32.9 Å². The van der Waals surface area contributed by atoms with Crippen LogP contribution in [0.3, 0.4) is 0 Å². The molecule has 44 heavy (non-hydrogen) atoms. The zero-order valence-electron chi connectivity index (χ0n) is 27.8. The first-order chi connectivity index (χ1) is 20.9. The molecular formula is C37H54F3NO2Si.